The number of allylic oxidation sites excluding steroid dienone is 2. The Balaban J connectivity index is 1.89. The van der Waals surface area contributed by atoms with Crippen LogP contribution < -0.4 is 4.90 Å². The first kappa shape index (κ1) is 18.9. The fourth-order valence-corrected chi connectivity index (χ4v) is 5.98. The summed E-state index contributed by atoms with van der Waals surface area (Å²) in [6.45, 7) is 1.25. The molecule has 1 aromatic carbocycles. The van der Waals surface area contributed by atoms with Crippen LogP contribution in [0, 0.1) is 0 Å². The minimum atomic E-state index is -1.22. The summed E-state index contributed by atoms with van der Waals surface area (Å²) in [5.74, 6) is -0.552. The summed E-state index contributed by atoms with van der Waals surface area (Å²) in [5, 5.41) is 0. The summed E-state index contributed by atoms with van der Waals surface area (Å²) in [5.41, 5.74) is 0.495. The lowest BCUT2D eigenvalue weighted by Gasteiger charge is -2.48. The molecule has 1 aliphatic carbocycles. The molecule has 0 aromatic heterocycles. The molecule has 1 fully saturated rings. The van der Waals surface area contributed by atoms with Gasteiger partial charge in [0.2, 0.25) is 5.91 Å². The maximum atomic E-state index is 14.0. The predicted molar refractivity (Wildman–Crippen MR) is 109 cm³/mol. The van der Waals surface area contributed by atoms with E-state index < -0.39 is 23.0 Å². The van der Waals surface area contributed by atoms with E-state index in [1.165, 1.54) is 19.1 Å². The third kappa shape index (κ3) is 2.07. The summed E-state index contributed by atoms with van der Waals surface area (Å²) in [4.78, 5) is 43.7. The highest BCUT2D eigenvalue weighted by atomic mass is 16.5. The van der Waals surface area contributed by atoms with Crippen molar-refractivity contribution in [2.45, 2.75) is 36.6 Å². The van der Waals surface area contributed by atoms with Gasteiger partial charge in [0.05, 0.1) is 25.5 Å². The van der Waals surface area contributed by atoms with E-state index in [9.17, 15) is 14.4 Å². The Morgan fingerprint density at radius 3 is 2.67 bits per heavy atom. The molecule has 0 N–H and O–H groups in total. The number of fused-ring (bicyclic) bond motifs is 4. The molecule has 7 heteroatoms. The van der Waals surface area contributed by atoms with Crippen molar-refractivity contribution in [3.63, 3.8) is 0 Å². The van der Waals surface area contributed by atoms with Crippen LogP contribution in [-0.2, 0) is 24.5 Å². The van der Waals surface area contributed by atoms with E-state index in [0.717, 1.165) is 24.0 Å². The maximum absolute atomic E-state index is 14.0. The van der Waals surface area contributed by atoms with E-state index in [2.05, 4.69) is 6.08 Å². The molecular formula is C23H24N2O5. The van der Waals surface area contributed by atoms with E-state index in [0.29, 0.717) is 37.2 Å². The molecule has 5 aliphatic rings. The van der Waals surface area contributed by atoms with Crippen LogP contribution in [0.2, 0.25) is 0 Å². The minimum absolute atomic E-state index is 0.0325. The zero-order chi connectivity index (χ0) is 21.1. The fourth-order valence-electron chi connectivity index (χ4n) is 5.98. The van der Waals surface area contributed by atoms with Gasteiger partial charge in [-0.05, 0) is 43.4 Å². The first-order valence-corrected chi connectivity index (χ1v) is 10.3. The number of benzene rings is 1. The second-order valence-electron chi connectivity index (χ2n) is 8.27. The van der Waals surface area contributed by atoms with Gasteiger partial charge >= 0.3 is 12.1 Å². The molecule has 4 bridgehead atoms. The molecule has 0 unspecified atom stereocenters. The van der Waals surface area contributed by atoms with Crippen molar-refractivity contribution in [3.8, 4) is 0 Å². The third-order valence-corrected chi connectivity index (χ3v) is 7.19. The van der Waals surface area contributed by atoms with Crippen LogP contribution in [0.15, 0.2) is 47.6 Å². The van der Waals surface area contributed by atoms with Gasteiger partial charge in [0.25, 0.3) is 0 Å². The molecule has 4 heterocycles. The monoisotopic (exact) mass is 408 g/mol. The molecule has 30 heavy (non-hydrogen) atoms. The number of methoxy groups -OCH3 is 2. The summed E-state index contributed by atoms with van der Waals surface area (Å²) in [6.07, 6.45) is 5.78. The lowest BCUT2D eigenvalue weighted by molar-refractivity contribution is -0.138. The normalized spacial score (nSPS) is 29.1. The standard InChI is InChI=1S/C23H24N2O5/c1-29-19(26)17-14-15-6-5-12-24-13-11-22(20(24)27)16-7-3-4-8-18(16)25(21(28)30-2)23(17,22)10-9-15/h3-4,7-9,14H,5-6,10-13H2,1-2H3/t22-,23-/m1/s1. The molecule has 2 atom stereocenters. The van der Waals surface area contributed by atoms with Gasteiger partial charge in [0.15, 0.2) is 0 Å². The number of rotatable bonds is 1. The number of amides is 2. The molecule has 6 rings (SSSR count). The van der Waals surface area contributed by atoms with Crippen molar-refractivity contribution in [2.75, 3.05) is 32.2 Å². The average Bonchev–Trinajstić information content (AvgIpc) is 3.21. The quantitative estimate of drug-likeness (QED) is 0.668. The molecule has 2 spiro atoms. The molecule has 2 amide bonds. The number of anilines is 1. The predicted octanol–water partition coefficient (Wildman–Crippen LogP) is 2.71. The summed E-state index contributed by atoms with van der Waals surface area (Å²) >= 11 is 0. The molecule has 0 radical (unpaired) electrons. The number of esters is 1. The smallest absolute Gasteiger partial charge is 0.414 e. The third-order valence-electron chi connectivity index (χ3n) is 7.19. The second-order valence-corrected chi connectivity index (χ2v) is 8.27. The number of nitrogens with zero attached hydrogens (tertiary/aromatic N) is 2. The fraction of sp³-hybridized carbons (Fsp3) is 0.435. The zero-order valence-corrected chi connectivity index (χ0v) is 17.1. The topological polar surface area (TPSA) is 76.2 Å². The zero-order valence-electron chi connectivity index (χ0n) is 17.1. The lowest BCUT2D eigenvalue weighted by atomic mass is 9.59. The van der Waals surface area contributed by atoms with Crippen molar-refractivity contribution in [2.24, 2.45) is 0 Å². The Morgan fingerprint density at radius 1 is 1.10 bits per heavy atom. The Hall–Kier alpha value is -3.09. The van der Waals surface area contributed by atoms with Gasteiger partial charge in [-0.3, -0.25) is 9.69 Å². The van der Waals surface area contributed by atoms with Crippen LogP contribution in [0.3, 0.4) is 0 Å². The highest BCUT2D eigenvalue weighted by molar-refractivity contribution is 6.09. The Morgan fingerprint density at radius 2 is 1.90 bits per heavy atom. The Kier molecular flexibility index (Phi) is 4.07. The van der Waals surface area contributed by atoms with Gasteiger partial charge < -0.3 is 14.4 Å². The highest BCUT2D eigenvalue weighted by Gasteiger charge is 2.72. The van der Waals surface area contributed by atoms with Crippen molar-refractivity contribution >= 4 is 23.7 Å². The van der Waals surface area contributed by atoms with Gasteiger partial charge in [-0.2, -0.15) is 0 Å². The second kappa shape index (κ2) is 6.45. The molecule has 4 aliphatic heterocycles. The van der Waals surface area contributed by atoms with Crippen LogP contribution in [-0.4, -0.2) is 55.7 Å². The van der Waals surface area contributed by atoms with Gasteiger partial charge in [-0.15, -0.1) is 0 Å². The number of ether oxygens (including phenoxy) is 2. The number of hydrogen-bond acceptors (Lipinski definition) is 5. The number of carbonyl (C=O) groups is 3. The molecule has 1 aromatic rings. The van der Waals surface area contributed by atoms with Gasteiger partial charge in [-0.25, -0.2) is 9.59 Å². The van der Waals surface area contributed by atoms with Gasteiger partial charge in [-0.1, -0.05) is 29.8 Å². The van der Waals surface area contributed by atoms with E-state index in [-0.39, 0.29) is 5.91 Å². The maximum Gasteiger partial charge on any atom is 0.414 e. The van der Waals surface area contributed by atoms with Crippen molar-refractivity contribution in [3.05, 3.63) is 53.1 Å². The summed E-state index contributed by atoms with van der Waals surface area (Å²) in [6, 6.07) is 7.44. The SMILES string of the molecule is COC(=O)C1=CC2=CC[C@@]13N(C(=O)OC)c1ccccc1[C@@]31CCN(CCC2)C1=O. The molecule has 1 saturated heterocycles. The molecular weight excluding hydrogens is 384 g/mol. The van der Waals surface area contributed by atoms with Gasteiger partial charge in [0.1, 0.15) is 11.0 Å². The van der Waals surface area contributed by atoms with E-state index in [4.69, 9.17) is 9.47 Å². The van der Waals surface area contributed by atoms with Crippen molar-refractivity contribution < 1.29 is 23.9 Å². The summed E-state index contributed by atoms with van der Waals surface area (Å²) in [7, 11) is 2.65. The van der Waals surface area contributed by atoms with Gasteiger partial charge in [0, 0.05) is 13.1 Å². The van der Waals surface area contributed by atoms with Crippen LogP contribution in [0.4, 0.5) is 10.5 Å². The van der Waals surface area contributed by atoms with Crippen molar-refractivity contribution in [1.82, 2.24) is 4.90 Å². The highest BCUT2D eigenvalue weighted by Crippen LogP contribution is 2.62. The Bertz CT molecular complexity index is 1030. The number of carbonyl (C=O) groups excluding carboxylic acids is 3. The minimum Gasteiger partial charge on any atom is -0.466 e. The molecule has 7 nitrogen and oxygen atoms in total. The Labute approximate surface area is 174 Å². The van der Waals surface area contributed by atoms with Crippen LogP contribution in [0.5, 0.6) is 0 Å². The first-order valence-electron chi connectivity index (χ1n) is 10.3. The number of hydrogen-bond donors (Lipinski definition) is 0. The van der Waals surface area contributed by atoms with E-state index in [1.807, 2.05) is 35.2 Å². The van der Waals surface area contributed by atoms with Crippen molar-refractivity contribution in [1.29, 1.82) is 0 Å². The average molecular weight is 408 g/mol. The first-order chi connectivity index (χ1) is 14.5. The molecule has 156 valence electrons. The van der Waals surface area contributed by atoms with Crippen LogP contribution in [0.1, 0.15) is 31.2 Å². The van der Waals surface area contributed by atoms with Crippen LogP contribution >= 0.6 is 0 Å². The van der Waals surface area contributed by atoms with E-state index in [1.54, 1.807) is 0 Å². The van der Waals surface area contributed by atoms with Crippen LogP contribution in [0.25, 0.3) is 0 Å². The lowest BCUT2D eigenvalue weighted by Crippen LogP contribution is -2.65. The summed E-state index contributed by atoms with van der Waals surface area (Å²) < 4.78 is 10.3. The molecule has 0 saturated carbocycles. The van der Waals surface area contributed by atoms with E-state index >= 15 is 0 Å². The largest absolute Gasteiger partial charge is 0.466 e. The number of para-hydroxylation sites is 1.